The van der Waals surface area contributed by atoms with Crippen LogP contribution >= 0.6 is 12.2 Å². The third-order valence-corrected chi connectivity index (χ3v) is 5.78. The second-order valence-corrected chi connectivity index (χ2v) is 7.83. The molecule has 0 spiro atoms. The highest BCUT2D eigenvalue weighted by molar-refractivity contribution is 7.71. The number of hydrogen-bond donors (Lipinski definition) is 1. The van der Waals surface area contributed by atoms with Gasteiger partial charge in [0, 0.05) is 24.8 Å². The summed E-state index contributed by atoms with van der Waals surface area (Å²) in [7, 11) is 1.68. The molecule has 2 heterocycles. The van der Waals surface area contributed by atoms with Crippen molar-refractivity contribution in [3.63, 3.8) is 0 Å². The molecule has 0 saturated carbocycles. The van der Waals surface area contributed by atoms with E-state index >= 15 is 0 Å². The van der Waals surface area contributed by atoms with E-state index < -0.39 is 6.04 Å². The number of hydrogen-bond acceptors (Lipinski definition) is 4. The van der Waals surface area contributed by atoms with Gasteiger partial charge in [-0.15, -0.1) is 0 Å². The van der Waals surface area contributed by atoms with Gasteiger partial charge in [0.1, 0.15) is 12.6 Å². The minimum Gasteiger partial charge on any atom is -0.332 e. The van der Waals surface area contributed by atoms with Crippen molar-refractivity contribution in [2.45, 2.75) is 25.9 Å². The number of aryl methyl sites for hydroxylation is 1. The number of anilines is 1. The van der Waals surface area contributed by atoms with Crippen molar-refractivity contribution >= 4 is 29.7 Å². The maximum atomic E-state index is 13.0. The number of likely N-dealkylation sites (N-methyl/N-ethyl adjacent to an activating group) is 1. The van der Waals surface area contributed by atoms with E-state index in [1.54, 1.807) is 16.5 Å². The molecule has 7 nitrogen and oxygen atoms in total. The number of benzene rings is 2. The first-order valence-corrected chi connectivity index (χ1v) is 10.2. The van der Waals surface area contributed by atoms with Crippen LogP contribution in [0.3, 0.4) is 0 Å². The van der Waals surface area contributed by atoms with Crippen molar-refractivity contribution in [2.24, 2.45) is 0 Å². The summed E-state index contributed by atoms with van der Waals surface area (Å²) in [6, 6.07) is 16.9. The lowest BCUT2D eigenvalue weighted by atomic mass is 10.1. The lowest BCUT2D eigenvalue weighted by Gasteiger charge is -2.24. The molecule has 8 heteroatoms. The van der Waals surface area contributed by atoms with Crippen LogP contribution in [0.15, 0.2) is 54.6 Å². The third kappa shape index (κ3) is 3.78. The molecule has 1 fully saturated rings. The Morgan fingerprint density at radius 1 is 1.20 bits per heavy atom. The molecule has 0 radical (unpaired) electrons. The molecule has 3 aromatic rings. The van der Waals surface area contributed by atoms with Gasteiger partial charge in [-0.05, 0) is 37.7 Å². The molecule has 1 N–H and O–H groups in total. The van der Waals surface area contributed by atoms with Crippen molar-refractivity contribution in [1.82, 2.24) is 19.7 Å². The number of para-hydroxylation sites is 1. The number of nitrogens with one attached hydrogen (secondary N) is 1. The Balaban J connectivity index is 1.51. The van der Waals surface area contributed by atoms with E-state index in [0.717, 1.165) is 16.8 Å². The molecule has 1 unspecified atom stereocenters. The van der Waals surface area contributed by atoms with Crippen molar-refractivity contribution in [3.05, 3.63) is 64.9 Å². The average molecular weight is 422 g/mol. The monoisotopic (exact) mass is 421 g/mol. The molecule has 4 rings (SSSR count). The van der Waals surface area contributed by atoms with Crippen LogP contribution in [-0.2, 0) is 16.1 Å². The molecule has 154 valence electrons. The molecule has 0 bridgehead atoms. The number of nitrogens with zero attached hydrogens (tertiary/aromatic N) is 4. The van der Waals surface area contributed by atoms with Crippen LogP contribution in [0.4, 0.5) is 5.69 Å². The van der Waals surface area contributed by atoms with Crippen LogP contribution in [0, 0.1) is 11.7 Å². The summed E-state index contributed by atoms with van der Waals surface area (Å²) in [5.41, 5.74) is 2.86. The zero-order valence-corrected chi connectivity index (χ0v) is 17.7. The van der Waals surface area contributed by atoms with Gasteiger partial charge in [-0.25, -0.2) is 0 Å². The summed E-state index contributed by atoms with van der Waals surface area (Å²) in [5.74, 6) is 0.353. The van der Waals surface area contributed by atoms with Gasteiger partial charge in [-0.3, -0.25) is 19.3 Å². The van der Waals surface area contributed by atoms with Gasteiger partial charge in [0.15, 0.2) is 10.6 Å². The molecule has 1 saturated heterocycles. The Bertz CT molecular complexity index is 1120. The predicted octanol–water partition coefficient (Wildman–Crippen LogP) is 3.18. The number of carbonyl (C=O) groups excluding carboxylic acids is 2. The standard InChI is InChI=1S/C22H23N5O2S/c1-15-8-10-16(11-9-15)20-23-24-22(30)27(20)14-19(28)25(2)18-12-13-26(21(18)29)17-6-4-3-5-7-17/h3-11,18H,12-14H2,1-2H3,(H,24,30). The molecule has 2 amide bonds. The number of aromatic amines is 1. The first-order valence-electron chi connectivity index (χ1n) is 9.80. The van der Waals surface area contributed by atoms with Crippen molar-refractivity contribution in [2.75, 3.05) is 18.5 Å². The summed E-state index contributed by atoms with van der Waals surface area (Å²) in [4.78, 5) is 29.2. The van der Waals surface area contributed by atoms with Crippen LogP contribution in [0.2, 0.25) is 0 Å². The van der Waals surface area contributed by atoms with E-state index in [9.17, 15) is 9.59 Å². The molecule has 1 aliphatic rings. The van der Waals surface area contributed by atoms with Gasteiger partial charge in [0.05, 0.1) is 0 Å². The predicted molar refractivity (Wildman–Crippen MR) is 118 cm³/mol. The highest BCUT2D eigenvalue weighted by atomic mass is 32.1. The lowest BCUT2D eigenvalue weighted by Crippen LogP contribution is -2.44. The normalized spacial score (nSPS) is 16.1. The van der Waals surface area contributed by atoms with Crippen molar-refractivity contribution < 1.29 is 9.59 Å². The van der Waals surface area contributed by atoms with Crippen molar-refractivity contribution in [3.8, 4) is 11.4 Å². The summed E-state index contributed by atoms with van der Waals surface area (Å²) >= 11 is 5.34. The van der Waals surface area contributed by atoms with E-state index in [1.807, 2.05) is 61.5 Å². The van der Waals surface area contributed by atoms with Crippen LogP contribution in [0.1, 0.15) is 12.0 Å². The molecule has 0 aliphatic carbocycles. The fourth-order valence-electron chi connectivity index (χ4n) is 3.70. The summed E-state index contributed by atoms with van der Waals surface area (Å²) < 4.78 is 2.05. The first-order chi connectivity index (χ1) is 14.5. The largest absolute Gasteiger partial charge is 0.332 e. The maximum absolute atomic E-state index is 13.0. The smallest absolute Gasteiger partial charge is 0.249 e. The van der Waals surface area contributed by atoms with Gasteiger partial charge < -0.3 is 9.80 Å². The van der Waals surface area contributed by atoms with Gasteiger partial charge in [-0.1, -0.05) is 48.0 Å². The highest BCUT2D eigenvalue weighted by Crippen LogP contribution is 2.24. The Kier molecular flexibility index (Phi) is 5.50. The summed E-state index contributed by atoms with van der Waals surface area (Å²) in [6.45, 7) is 2.62. The van der Waals surface area contributed by atoms with E-state index in [1.165, 1.54) is 4.90 Å². The molecule has 1 aromatic heterocycles. The first kappa shape index (κ1) is 20.0. The fraction of sp³-hybridized carbons (Fsp3) is 0.273. The molecule has 30 heavy (non-hydrogen) atoms. The topological polar surface area (TPSA) is 74.2 Å². The van der Waals surface area contributed by atoms with E-state index in [-0.39, 0.29) is 18.4 Å². The Morgan fingerprint density at radius 3 is 2.60 bits per heavy atom. The van der Waals surface area contributed by atoms with E-state index in [4.69, 9.17) is 12.2 Å². The number of aromatic nitrogens is 3. The maximum Gasteiger partial charge on any atom is 0.249 e. The minimum atomic E-state index is -0.485. The molecule has 1 aliphatic heterocycles. The SMILES string of the molecule is Cc1ccc(-c2n[nH]c(=S)n2CC(=O)N(C)C2CCN(c3ccccc3)C2=O)cc1. The third-order valence-electron chi connectivity index (χ3n) is 5.47. The van der Waals surface area contributed by atoms with E-state index in [2.05, 4.69) is 10.2 Å². The lowest BCUT2D eigenvalue weighted by molar-refractivity contribution is -0.137. The van der Waals surface area contributed by atoms with Gasteiger partial charge >= 0.3 is 0 Å². The minimum absolute atomic E-state index is 0.0180. The quantitative estimate of drug-likeness (QED) is 0.642. The fourth-order valence-corrected chi connectivity index (χ4v) is 3.89. The van der Waals surface area contributed by atoms with Crippen molar-refractivity contribution in [1.29, 1.82) is 0 Å². The van der Waals surface area contributed by atoms with Gasteiger partial charge in [0.25, 0.3) is 0 Å². The summed E-state index contributed by atoms with van der Waals surface area (Å²) in [5, 5.41) is 7.06. The van der Waals surface area contributed by atoms with E-state index in [0.29, 0.717) is 23.6 Å². The van der Waals surface area contributed by atoms with Crippen LogP contribution in [-0.4, -0.2) is 51.1 Å². The zero-order chi connectivity index (χ0) is 21.3. The van der Waals surface area contributed by atoms with Crippen LogP contribution < -0.4 is 4.90 Å². The molecular formula is C22H23N5O2S. The Labute approximate surface area is 179 Å². The number of amides is 2. The van der Waals surface area contributed by atoms with Crippen LogP contribution in [0.25, 0.3) is 11.4 Å². The number of rotatable bonds is 5. The van der Waals surface area contributed by atoms with Gasteiger partial charge in [-0.2, -0.15) is 5.10 Å². The summed E-state index contributed by atoms with van der Waals surface area (Å²) in [6.07, 6.45) is 0.595. The Hall–Kier alpha value is -3.26. The molecule has 1 atom stereocenters. The highest BCUT2D eigenvalue weighted by Gasteiger charge is 2.37. The van der Waals surface area contributed by atoms with Crippen LogP contribution in [0.5, 0.6) is 0 Å². The number of carbonyl (C=O) groups is 2. The molecule has 2 aromatic carbocycles. The van der Waals surface area contributed by atoms with Gasteiger partial charge in [0.2, 0.25) is 11.8 Å². The second kappa shape index (κ2) is 8.23. The number of H-pyrrole nitrogens is 1. The zero-order valence-electron chi connectivity index (χ0n) is 16.9. The molecular weight excluding hydrogens is 398 g/mol. The Morgan fingerprint density at radius 2 is 1.90 bits per heavy atom. The average Bonchev–Trinajstić information content (AvgIpc) is 3.31. The second-order valence-electron chi connectivity index (χ2n) is 7.44.